The fourth-order valence-corrected chi connectivity index (χ4v) is 3.51. The van der Waals surface area contributed by atoms with Gasteiger partial charge in [-0.25, -0.2) is 4.79 Å². The molecule has 0 aliphatic carbocycles. The summed E-state index contributed by atoms with van der Waals surface area (Å²) in [7, 11) is 1.41. The van der Waals surface area contributed by atoms with Crippen LogP contribution in [0.4, 0.5) is 0 Å². The quantitative estimate of drug-likeness (QED) is 0.777. The maximum absolute atomic E-state index is 12.4. The first-order chi connectivity index (χ1) is 11.5. The van der Waals surface area contributed by atoms with Gasteiger partial charge in [-0.1, -0.05) is 6.07 Å². The van der Waals surface area contributed by atoms with E-state index >= 15 is 0 Å². The Morgan fingerprint density at radius 2 is 1.92 bits per heavy atom. The number of carbonyl (C=O) groups is 1. The maximum Gasteiger partial charge on any atom is 0.331 e. The number of thiophene rings is 1. The molecule has 1 saturated heterocycles. The molecule has 2 aromatic heterocycles. The minimum Gasteiger partial charge on any atom is -0.339 e. The number of hydrogen-bond acceptors (Lipinski definition) is 5. The van der Waals surface area contributed by atoms with Gasteiger partial charge in [0.1, 0.15) is 6.54 Å². The molecule has 0 saturated carbocycles. The van der Waals surface area contributed by atoms with Crippen molar-refractivity contribution < 1.29 is 4.79 Å². The van der Waals surface area contributed by atoms with E-state index in [1.165, 1.54) is 28.8 Å². The fourth-order valence-electron chi connectivity index (χ4n) is 2.76. The third-order valence-corrected chi connectivity index (χ3v) is 5.11. The summed E-state index contributed by atoms with van der Waals surface area (Å²) >= 11 is 1.74. The van der Waals surface area contributed by atoms with Crippen LogP contribution in [-0.2, 0) is 24.9 Å². The second-order valence-electron chi connectivity index (χ2n) is 5.86. The predicted octanol–water partition coefficient (Wildman–Crippen LogP) is -0.0471. The third kappa shape index (κ3) is 3.65. The summed E-state index contributed by atoms with van der Waals surface area (Å²) in [6, 6.07) is 5.46. The van der Waals surface area contributed by atoms with Crippen LogP contribution in [0.2, 0.25) is 0 Å². The van der Waals surface area contributed by atoms with Gasteiger partial charge in [-0.15, -0.1) is 11.3 Å². The van der Waals surface area contributed by atoms with Gasteiger partial charge in [0, 0.05) is 56.9 Å². The summed E-state index contributed by atoms with van der Waals surface area (Å²) in [5.41, 5.74) is -0.835. The van der Waals surface area contributed by atoms with Gasteiger partial charge in [0.05, 0.1) is 0 Å². The molecule has 1 aliphatic rings. The van der Waals surface area contributed by atoms with Crippen molar-refractivity contribution in [1.29, 1.82) is 0 Å². The topological polar surface area (TPSA) is 67.6 Å². The minimum absolute atomic E-state index is 0.0299. The summed E-state index contributed by atoms with van der Waals surface area (Å²) in [5.74, 6) is -0.0912. The average molecular weight is 348 g/mol. The van der Waals surface area contributed by atoms with E-state index in [1.54, 1.807) is 16.2 Å². The molecular formula is C16H20N4O3S. The molecule has 3 heterocycles. The molecule has 0 bridgehead atoms. The molecule has 0 unspecified atom stereocenters. The Balaban J connectivity index is 1.57. The van der Waals surface area contributed by atoms with E-state index in [0.29, 0.717) is 13.1 Å². The molecule has 1 aliphatic heterocycles. The predicted molar refractivity (Wildman–Crippen MR) is 92.1 cm³/mol. The summed E-state index contributed by atoms with van der Waals surface area (Å²) in [6.07, 6.45) is 1.38. The van der Waals surface area contributed by atoms with E-state index in [4.69, 9.17) is 0 Å². The summed E-state index contributed by atoms with van der Waals surface area (Å²) < 4.78 is 2.29. The summed E-state index contributed by atoms with van der Waals surface area (Å²) in [4.78, 5) is 41.2. The number of piperazine rings is 1. The molecule has 24 heavy (non-hydrogen) atoms. The molecule has 0 aromatic carbocycles. The number of hydrogen-bond donors (Lipinski definition) is 0. The minimum atomic E-state index is -0.466. The highest BCUT2D eigenvalue weighted by Gasteiger charge is 2.21. The van der Waals surface area contributed by atoms with Gasteiger partial charge in [0.2, 0.25) is 5.91 Å². The van der Waals surface area contributed by atoms with Crippen molar-refractivity contribution in [3.63, 3.8) is 0 Å². The molecule has 0 atom stereocenters. The Morgan fingerprint density at radius 1 is 1.17 bits per heavy atom. The normalized spacial score (nSPS) is 15.6. The zero-order valence-electron chi connectivity index (χ0n) is 13.6. The van der Waals surface area contributed by atoms with Crippen molar-refractivity contribution in [2.45, 2.75) is 13.1 Å². The van der Waals surface area contributed by atoms with E-state index in [-0.39, 0.29) is 18.0 Å². The van der Waals surface area contributed by atoms with E-state index in [0.717, 1.165) is 24.2 Å². The van der Waals surface area contributed by atoms with Crippen molar-refractivity contribution in [3.05, 3.63) is 55.5 Å². The first-order valence-electron chi connectivity index (χ1n) is 7.83. The van der Waals surface area contributed by atoms with Crippen molar-refractivity contribution >= 4 is 17.2 Å². The van der Waals surface area contributed by atoms with Gasteiger partial charge in [0.25, 0.3) is 5.56 Å². The SMILES string of the molecule is Cn1c(=O)ccn(CC(=O)N2CCN(Cc3cccs3)CC2)c1=O. The number of nitrogens with zero attached hydrogens (tertiary/aromatic N) is 4. The highest BCUT2D eigenvalue weighted by Crippen LogP contribution is 2.13. The molecule has 8 heteroatoms. The van der Waals surface area contributed by atoms with Gasteiger partial charge >= 0.3 is 5.69 Å². The first-order valence-corrected chi connectivity index (χ1v) is 8.71. The Hall–Kier alpha value is -2.19. The largest absolute Gasteiger partial charge is 0.339 e. The van der Waals surface area contributed by atoms with Crippen molar-refractivity contribution in [1.82, 2.24) is 18.9 Å². The monoisotopic (exact) mass is 348 g/mol. The highest BCUT2D eigenvalue weighted by atomic mass is 32.1. The van der Waals surface area contributed by atoms with Crippen LogP contribution >= 0.6 is 11.3 Å². The van der Waals surface area contributed by atoms with Gasteiger partial charge in [-0.2, -0.15) is 0 Å². The number of carbonyl (C=O) groups excluding carboxylic acids is 1. The summed E-state index contributed by atoms with van der Waals surface area (Å²) in [5, 5.41) is 2.07. The highest BCUT2D eigenvalue weighted by molar-refractivity contribution is 7.09. The Kier molecular flexibility index (Phi) is 4.96. The molecule has 1 amide bonds. The number of aromatic nitrogens is 2. The van der Waals surface area contributed by atoms with E-state index in [9.17, 15) is 14.4 Å². The van der Waals surface area contributed by atoms with Crippen molar-refractivity contribution in [2.24, 2.45) is 7.05 Å². The summed E-state index contributed by atoms with van der Waals surface area (Å²) in [6.45, 7) is 3.85. The van der Waals surface area contributed by atoms with Crippen LogP contribution in [0.25, 0.3) is 0 Å². The third-order valence-electron chi connectivity index (χ3n) is 4.25. The van der Waals surface area contributed by atoms with Crippen molar-refractivity contribution in [3.8, 4) is 0 Å². The molecule has 128 valence electrons. The Labute approximate surface area is 143 Å². The van der Waals surface area contributed by atoms with E-state index in [1.807, 2.05) is 6.07 Å². The van der Waals surface area contributed by atoms with Crippen LogP contribution in [0.5, 0.6) is 0 Å². The van der Waals surface area contributed by atoms with Crippen LogP contribution in [0.3, 0.4) is 0 Å². The fraction of sp³-hybridized carbons (Fsp3) is 0.438. The average Bonchev–Trinajstić information content (AvgIpc) is 3.09. The Morgan fingerprint density at radius 3 is 2.58 bits per heavy atom. The van der Waals surface area contributed by atoms with E-state index in [2.05, 4.69) is 16.3 Å². The lowest BCUT2D eigenvalue weighted by molar-refractivity contribution is -0.133. The number of rotatable bonds is 4. The van der Waals surface area contributed by atoms with Crippen LogP contribution in [0.15, 0.2) is 39.4 Å². The van der Waals surface area contributed by atoms with Crippen LogP contribution < -0.4 is 11.2 Å². The standard InChI is InChI=1S/C16H20N4O3S/c1-17-14(21)4-5-20(16(17)23)12-15(22)19-8-6-18(7-9-19)11-13-3-2-10-24-13/h2-5,10H,6-9,11-12H2,1H3. The molecule has 0 N–H and O–H groups in total. The van der Waals surface area contributed by atoms with Gasteiger partial charge in [-0.3, -0.25) is 23.6 Å². The van der Waals surface area contributed by atoms with Gasteiger partial charge < -0.3 is 4.90 Å². The molecule has 0 spiro atoms. The van der Waals surface area contributed by atoms with Crippen molar-refractivity contribution in [2.75, 3.05) is 26.2 Å². The smallest absolute Gasteiger partial charge is 0.331 e. The second kappa shape index (κ2) is 7.14. The molecular weight excluding hydrogens is 328 g/mol. The maximum atomic E-state index is 12.4. The molecule has 0 radical (unpaired) electrons. The van der Waals surface area contributed by atoms with Gasteiger partial charge in [-0.05, 0) is 11.4 Å². The van der Waals surface area contributed by atoms with Crippen LogP contribution in [0.1, 0.15) is 4.88 Å². The van der Waals surface area contributed by atoms with Crippen LogP contribution in [0, 0.1) is 0 Å². The lowest BCUT2D eigenvalue weighted by Crippen LogP contribution is -2.50. The lowest BCUT2D eigenvalue weighted by atomic mass is 10.3. The van der Waals surface area contributed by atoms with E-state index < -0.39 is 5.69 Å². The van der Waals surface area contributed by atoms with Crippen LogP contribution in [-0.4, -0.2) is 51.0 Å². The zero-order valence-corrected chi connectivity index (χ0v) is 14.4. The second-order valence-corrected chi connectivity index (χ2v) is 6.89. The first kappa shape index (κ1) is 16.7. The molecule has 1 fully saturated rings. The Bertz CT molecular complexity index is 817. The molecule has 3 rings (SSSR count). The lowest BCUT2D eigenvalue weighted by Gasteiger charge is -2.34. The zero-order chi connectivity index (χ0) is 17.1. The number of amides is 1. The van der Waals surface area contributed by atoms with Gasteiger partial charge in [0.15, 0.2) is 0 Å². The molecule has 2 aromatic rings. The molecule has 7 nitrogen and oxygen atoms in total.